The van der Waals surface area contributed by atoms with Crippen LogP contribution >= 0.6 is 11.7 Å². The molecule has 4 amide bonds. The number of carbonyl (C=O) groups is 3. The summed E-state index contributed by atoms with van der Waals surface area (Å²) in [6, 6.07) is 19.0. The van der Waals surface area contributed by atoms with Gasteiger partial charge in [-0.05, 0) is 50.1 Å². The normalized spacial score (nSPS) is 12.6. The Morgan fingerprint density at radius 2 is 1.60 bits per heavy atom. The molecule has 0 bridgehead atoms. The van der Waals surface area contributed by atoms with Crippen LogP contribution in [0.1, 0.15) is 37.5 Å². The summed E-state index contributed by atoms with van der Waals surface area (Å²) in [5, 5.41) is 15.5. The molecule has 0 unspecified atom stereocenters. The van der Waals surface area contributed by atoms with Gasteiger partial charge in [0.25, 0.3) is 0 Å². The maximum atomic E-state index is 14.7. The third-order valence-electron chi connectivity index (χ3n) is 7.76. The molecule has 2 atom stereocenters. The molecule has 0 radical (unpaired) electrons. The molecule has 0 aliphatic heterocycles. The highest BCUT2D eigenvalue weighted by atomic mass is 32.1. The minimum absolute atomic E-state index is 0.0775. The first-order valence-corrected chi connectivity index (χ1v) is 16.5. The fourth-order valence-electron chi connectivity index (χ4n) is 5.32. The van der Waals surface area contributed by atoms with E-state index in [1.54, 1.807) is 24.1 Å². The van der Waals surface area contributed by atoms with Crippen LogP contribution in [-0.2, 0) is 38.6 Å². The number of phenolic OH excluding ortho intramolecular Hbond substituents is 1. The predicted octanol–water partition coefficient (Wildman–Crippen LogP) is 3.67. The molecular weight excluding hydrogens is 634 g/mol. The van der Waals surface area contributed by atoms with Gasteiger partial charge in [0.2, 0.25) is 11.8 Å². The quantitative estimate of drug-likeness (QED) is 0.112. The van der Waals surface area contributed by atoms with Crippen molar-refractivity contribution in [2.75, 3.05) is 26.8 Å². The Hall–Kier alpha value is -4.63. The average molecular weight is 678 g/mol. The van der Waals surface area contributed by atoms with Gasteiger partial charge in [-0.3, -0.25) is 14.6 Å². The van der Waals surface area contributed by atoms with Gasteiger partial charge in [0, 0.05) is 38.8 Å². The standard InChI is InChI=1S/C34H43N7O6S/c1-5-46-33(47-6-2)23(3)40(21-26-13-10-14-28-31(26)38-48-37-28)32(44)29(19-24-15-17-27(42)18-16-24)36-30(43)22-39(4)41(34(35)45)20-25-11-8-7-9-12-25/h7-18,23,29,33,42H,5-6,19-22H2,1-4H3,(H2,35,45)(H,36,43)/t23-,29-/m0/s1. The predicted molar refractivity (Wildman–Crippen MR) is 182 cm³/mol. The molecule has 0 aliphatic carbocycles. The van der Waals surface area contributed by atoms with E-state index in [0.29, 0.717) is 24.3 Å². The van der Waals surface area contributed by atoms with E-state index in [0.717, 1.165) is 28.4 Å². The van der Waals surface area contributed by atoms with Crippen molar-refractivity contribution in [2.45, 2.75) is 58.7 Å². The lowest BCUT2D eigenvalue weighted by molar-refractivity contribution is -0.179. The summed E-state index contributed by atoms with van der Waals surface area (Å²) < 4.78 is 20.6. The van der Waals surface area contributed by atoms with E-state index in [1.807, 2.05) is 69.3 Å². The average Bonchev–Trinajstić information content (AvgIpc) is 3.56. The van der Waals surface area contributed by atoms with E-state index >= 15 is 0 Å². The number of nitrogens with one attached hydrogen (secondary N) is 1. The number of benzene rings is 3. The number of ether oxygens (including phenoxy) is 2. The van der Waals surface area contributed by atoms with E-state index in [4.69, 9.17) is 15.2 Å². The molecule has 0 saturated heterocycles. The number of hydrogen-bond donors (Lipinski definition) is 3. The first-order valence-electron chi connectivity index (χ1n) is 15.7. The minimum atomic E-state index is -1.04. The van der Waals surface area contributed by atoms with E-state index in [2.05, 4.69) is 14.1 Å². The Bertz CT molecular complexity index is 1630. The molecule has 4 aromatic rings. The highest BCUT2D eigenvalue weighted by Gasteiger charge is 2.34. The maximum Gasteiger partial charge on any atom is 0.329 e. The second-order valence-corrected chi connectivity index (χ2v) is 11.8. The summed E-state index contributed by atoms with van der Waals surface area (Å²) in [7, 11) is 1.58. The first-order chi connectivity index (χ1) is 23.1. The van der Waals surface area contributed by atoms with Crippen LogP contribution in [0.25, 0.3) is 11.0 Å². The molecule has 4 N–H and O–H groups in total. The lowest BCUT2D eigenvalue weighted by Crippen LogP contribution is -2.57. The van der Waals surface area contributed by atoms with Crippen LogP contribution in [0.2, 0.25) is 0 Å². The minimum Gasteiger partial charge on any atom is -0.508 e. The molecule has 0 saturated carbocycles. The van der Waals surface area contributed by atoms with Crippen molar-refractivity contribution < 1.29 is 29.0 Å². The van der Waals surface area contributed by atoms with Crippen molar-refractivity contribution in [2.24, 2.45) is 5.73 Å². The summed E-state index contributed by atoms with van der Waals surface area (Å²) in [6.45, 7) is 6.32. The number of urea groups is 1. The molecule has 1 heterocycles. The molecule has 0 fully saturated rings. The Labute approximate surface area is 284 Å². The molecule has 1 aromatic heterocycles. The fraction of sp³-hybridized carbons (Fsp3) is 0.382. The number of nitrogens with zero attached hydrogens (tertiary/aromatic N) is 5. The van der Waals surface area contributed by atoms with Crippen molar-refractivity contribution in [1.82, 2.24) is 29.0 Å². The second kappa shape index (κ2) is 17.5. The van der Waals surface area contributed by atoms with Gasteiger partial charge in [-0.2, -0.15) is 8.75 Å². The number of phenols is 1. The number of nitrogens with two attached hydrogens (primary N) is 1. The van der Waals surface area contributed by atoms with Crippen LogP contribution in [0.4, 0.5) is 4.79 Å². The number of hydrogen-bond acceptors (Lipinski definition) is 10. The van der Waals surface area contributed by atoms with Crippen molar-refractivity contribution in [1.29, 1.82) is 0 Å². The Morgan fingerprint density at radius 1 is 0.917 bits per heavy atom. The molecule has 14 heteroatoms. The number of fused-ring (bicyclic) bond motifs is 1. The number of aromatic nitrogens is 2. The zero-order valence-corrected chi connectivity index (χ0v) is 28.4. The number of carbonyl (C=O) groups excluding carboxylic acids is 3. The first kappa shape index (κ1) is 36.2. The molecule has 3 aromatic carbocycles. The molecule has 0 spiro atoms. The van der Waals surface area contributed by atoms with Crippen LogP contribution in [0, 0.1) is 0 Å². The van der Waals surface area contributed by atoms with Crippen LogP contribution in [0.5, 0.6) is 5.75 Å². The van der Waals surface area contributed by atoms with Gasteiger partial charge in [-0.25, -0.2) is 9.80 Å². The maximum absolute atomic E-state index is 14.7. The zero-order valence-electron chi connectivity index (χ0n) is 27.6. The van der Waals surface area contributed by atoms with Gasteiger partial charge in [0.1, 0.15) is 22.8 Å². The highest BCUT2D eigenvalue weighted by molar-refractivity contribution is 7.00. The van der Waals surface area contributed by atoms with E-state index < -0.39 is 30.3 Å². The monoisotopic (exact) mass is 677 g/mol. The number of hydrazine groups is 1. The molecule has 0 aliphatic rings. The second-order valence-electron chi connectivity index (χ2n) is 11.2. The number of rotatable bonds is 17. The third kappa shape index (κ3) is 9.70. The van der Waals surface area contributed by atoms with Crippen LogP contribution in [0.3, 0.4) is 0 Å². The van der Waals surface area contributed by atoms with Gasteiger partial charge in [0.15, 0.2) is 6.29 Å². The van der Waals surface area contributed by atoms with Crippen LogP contribution in [0.15, 0.2) is 72.8 Å². The zero-order chi connectivity index (χ0) is 34.6. The SMILES string of the molecule is CCOC(OCC)[C@H](C)N(Cc1cccc2nsnc12)C(=O)[C@H](Cc1ccc(O)cc1)NC(=O)CN(C)N(Cc1ccccc1)C(N)=O. The summed E-state index contributed by atoms with van der Waals surface area (Å²) >= 11 is 1.09. The summed E-state index contributed by atoms with van der Waals surface area (Å²) in [5.41, 5.74) is 9.41. The lowest BCUT2D eigenvalue weighted by Gasteiger charge is -2.37. The van der Waals surface area contributed by atoms with Gasteiger partial charge < -0.3 is 30.5 Å². The number of primary amides is 1. The van der Waals surface area contributed by atoms with Gasteiger partial charge >= 0.3 is 6.03 Å². The Morgan fingerprint density at radius 3 is 2.25 bits per heavy atom. The van der Waals surface area contributed by atoms with E-state index in [1.165, 1.54) is 22.2 Å². The summed E-state index contributed by atoms with van der Waals surface area (Å²) in [4.78, 5) is 42.3. The van der Waals surface area contributed by atoms with E-state index in [9.17, 15) is 19.5 Å². The van der Waals surface area contributed by atoms with Crippen LogP contribution in [-0.4, -0.2) is 91.8 Å². The third-order valence-corrected chi connectivity index (χ3v) is 8.31. The lowest BCUT2D eigenvalue weighted by atomic mass is 10.0. The van der Waals surface area contributed by atoms with Crippen LogP contribution < -0.4 is 11.1 Å². The van der Waals surface area contributed by atoms with Gasteiger partial charge in [-0.1, -0.05) is 54.6 Å². The Kier molecular flexibility index (Phi) is 13.2. The summed E-state index contributed by atoms with van der Waals surface area (Å²) in [6.07, 6.45) is -0.618. The molecule has 4 rings (SSSR count). The van der Waals surface area contributed by atoms with Crippen molar-refractivity contribution >= 4 is 40.6 Å². The largest absolute Gasteiger partial charge is 0.508 e. The topological polar surface area (TPSA) is 163 Å². The van der Waals surface area contributed by atoms with Crippen molar-refractivity contribution in [3.05, 3.63) is 89.5 Å². The molecule has 13 nitrogen and oxygen atoms in total. The van der Waals surface area contributed by atoms with Crippen molar-refractivity contribution in [3.8, 4) is 5.75 Å². The Balaban J connectivity index is 1.64. The van der Waals surface area contributed by atoms with E-state index in [-0.39, 0.29) is 37.7 Å². The summed E-state index contributed by atoms with van der Waals surface area (Å²) in [5.74, 6) is -0.806. The molecule has 256 valence electrons. The van der Waals surface area contributed by atoms with Crippen molar-refractivity contribution in [3.63, 3.8) is 0 Å². The molecular formula is C34H43N7O6S. The molecule has 48 heavy (non-hydrogen) atoms. The number of amides is 4. The number of likely N-dealkylation sites (N-methyl/N-ethyl adjacent to an activating group) is 1. The highest BCUT2D eigenvalue weighted by Crippen LogP contribution is 2.23. The van der Waals surface area contributed by atoms with Gasteiger partial charge in [0.05, 0.1) is 30.9 Å². The number of aromatic hydroxyl groups is 1. The smallest absolute Gasteiger partial charge is 0.329 e. The fourth-order valence-corrected chi connectivity index (χ4v) is 5.89. The van der Waals surface area contributed by atoms with Gasteiger partial charge in [-0.15, -0.1) is 0 Å².